The van der Waals surface area contributed by atoms with Gasteiger partial charge in [-0.25, -0.2) is 0 Å². The molecule has 21 heavy (non-hydrogen) atoms. The van der Waals surface area contributed by atoms with Gasteiger partial charge in [-0.15, -0.1) is 0 Å². The van der Waals surface area contributed by atoms with Crippen molar-refractivity contribution >= 4 is 0 Å². The number of rotatable bonds is 6. The number of H-pyrrole nitrogens is 1. The molecule has 4 nitrogen and oxygen atoms in total. The summed E-state index contributed by atoms with van der Waals surface area (Å²) in [5, 5.41) is 14.7. The summed E-state index contributed by atoms with van der Waals surface area (Å²) >= 11 is 0. The van der Waals surface area contributed by atoms with E-state index in [1.165, 1.54) is 62.7 Å². The molecule has 2 aliphatic rings. The van der Waals surface area contributed by atoms with Crippen LogP contribution in [0.4, 0.5) is 0 Å². The highest BCUT2D eigenvalue weighted by Crippen LogP contribution is 2.30. The summed E-state index contributed by atoms with van der Waals surface area (Å²) in [6, 6.07) is 1.51. The molecular formula is C17H30N4. The van der Waals surface area contributed by atoms with Gasteiger partial charge in [0.25, 0.3) is 0 Å². The summed E-state index contributed by atoms with van der Waals surface area (Å²) in [5.41, 5.74) is 2.59. The van der Waals surface area contributed by atoms with Crippen molar-refractivity contribution in [3.05, 3.63) is 17.5 Å². The first kappa shape index (κ1) is 15.0. The molecule has 1 aliphatic heterocycles. The van der Waals surface area contributed by atoms with Gasteiger partial charge in [0.05, 0.1) is 6.20 Å². The van der Waals surface area contributed by atoms with Gasteiger partial charge in [-0.05, 0) is 70.0 Å². The molecule has 0 spiro atoms. The number of aromatic nitrogens is 2. The molecule has 1 aromatic rings. The Morgan fingerprint density at radius 1 is 1.24 bits per heavy atom. The Morgan fingerprint density at radius 2 is 2.14 bits per heavy atom. The normalized spacial score (nSPS) is 29.9. The van der Waals surface area contributed by atoms with E-state index in [4.69, 9.17) is 0 Å². The summed E-state index contributed by atoms with van der Waals surface area (Å²) in [6.07, 6.45) is 12.7. The Hall–Kier alpha value is -0.870. The average Bonchev–Trinajstić information content (AvgIpc) is 3.16. The summed E-state index contributed by atoms with van der Waals surface area (Å²) in [7, 11) is 0. The molecule has 1 saturated heterocycles. The third-order valence-electron chi connectivity index (χ3n) is 5.40. The van der Waals surface area contributed by atoms with Gasteiger partial charge in [-0.3, -0.25) is 5.10 Å². The van der Waals surface area contributed by atoms with Gasteiger partial charge in [0.2, 0.25) is 0 Å². The molecule has 0 radical (unpaired) electrons. The fraction of sp³-hybridized carbons (Fsp3) is 0.824. The summed E-state index contributed by atoms with van der Waals surface area (Å²) in [6.45, 7) is 4.48. The maximum Gasteiger partial charge on any atom is 0.0522 e. The molecule has 0 amide bonds. The second-order valence-electron chi connectivity index (χ2n) is 6.84. The van der Waals surface area contributed by atoms with E-state index in [1.54, 1.807) is 0 Å². The van der Waals surface area contributed by atoms with Crippen LogP contribution in [0.1, 0.15) is 56.2 Å². The first-order valence-corrected chi connectivity index (χ1v) is 8.80. The summed E-state index contributed by atoms with van der Waals surface area (Å²) < 4.78 is 0. The minimum atomic E-state index is 0.736. The smallest absolute Gasteiger partial charge is 0.0522 e. The van der Waals surface area contributed by atoms with Crippen molar-refractivity contribution in [3.8, 4) is 0 Å². The van der Waals surface area contributed by atoms with Crippen molar-refractivity contribution in [2.75, 3.05) is 13.1 Å². The molecule has 3 atom stereocenters. The van der Waals surface area contributed by atoms with E-state index in [2.05, 4.69) is 27.8 Å². The first-order valence-electron chi connectivity index (χ1n) is 8.80. The minimum absolute atomic E-state index is 0.736. The molecule has 3 N–H and O–H groups in total. The van der Waals surface area contributed by atoms with Crippen molar-refractivity contribution < 1.29 is 0 Å². The fourth-order valence-corrected chi connectivity index (χ4v) is 4.17. The fourth-order valence-electron chi connectivity index (χ4n) is 4.17. The van der Waals surface area contributed by atoms with Gasteiger partial charge in [0, 0.05) is 17.8 Å². The van der Waals surface area contributed by atoms with Crippen LogP contribution in [0, 0.1) is 12.8 Å². The third-order valence-corrected chi connectivity index (χ3v) is 5.40. The average molecular weight is 290 g/mol. The molecule has 2 fully saturated rings. The third kappa shape index (κ3) is 3.86. The molecule has 0 aromatic carbocycles. The van der Waals surface area contributed by atoms with E-state index >= 15 is 0 Å². The largest absolute Gasteiger partial charge is 0.314 e. The molecule has 1 aliphatic carbocycles. The second kappa shape index (κ2) is 7.41. The van der Waals surface area contributed by atoms with Gasteiger partial charge in [0.15, 0.2) is 0 Å². The molecule has 0 bridgehead atoms. The van der Waals surface area contributed by atoms with Crippen molar-refractivity contribution in [2.45, 2.75) is 70.4 Å². The number of aryl methyl sites for hydroxylation is 2. The lowest BCUT2D eigenvalue weighted by molar-refractivity contribution is 0.215. The lowest BCUT2D eigenvalue weighted by Gasteiger charge is -2.36. The topological polar surface area (TPSA) is 52.7 Å². The first-order chi connectivity index (χ1) is 10.3. The van der Waals surface area contributed by atoms with Crippen LogP contribution in [0.3, 0.4) is 0 Å². The summed E-state index contributed by atoms with van der Waals surface area (Å²) in [5.74, 6) is 0.858. The number of hydrogen-bond donors (Lipinski definition) is 3. The lowest BCUT2D eigenvalue weighted by Crippen LogP contribution is -2.47. The van der Waals surface area contributed by atoms with Crippen molar-refractivity contribution in [2.24, 2.45) is 5.92 Å². The Labute approximate surface area is 128 Å². The van der Waals surface area contributed by atoms with Crippen LogP contribution in [-0.4, -0.2) is 35.4 Å². The maximum atomic E-state index is 4.10. The summed E-state index contributed by atoms with van der Waals surface area (Å²) in [4.78, 5) is 0. The Bertz CT molecular complexity index is 422. The van der Waals surface area contributed by atoms with Crippen molar-refractivity contribution in [1.82, 2.24) is 20.8 Å². The van der Waals surface area contributed by atoms with E-state index in [0.717, 1.165) is 31.0 Å². The Balaban J connectivity index is 1.43. The zero-order chi connectivity index (χ0) is 14.5. The van der Waals surface area contributed by atoms with Gasteiger partial charge >= 0.3 is 0 Å². The number of nitrogens with zero attached hydrogens (tertiary/aromatic N) is 1. The molecule has 1 aromatic heterocycles. The van der Waals surface area contributed by atoms with E-state index in [-0.39, 0.29) is 0 Å². The van der Waals surface area contributed by atoms with E-state index in [0.29, 0.717) is 0 Å². The van der Waals surface area contributed by atoms with Gasteiger partial charge in [-0.1, -0.05) is 12.8 Å². The Kier molecular flexibility index (Phi) is 5.31. The predicted molar refractivity (Wildman–Crippen MR) is 86.4 cm³/mol. The minimum Gasteiger partial charge on any atom is -0.314 e. The highest BCUT2D eigenvalue weighted by Gasteiger charge is 2.32. The maximum absolute atomic E-state index is 4.10. The van der Waals surface area contributed by atoms with E-state index in [1.807, 2.05) is 6.20 Å². The van der Waals surface area contributed by atoms with Crippen molar-refractivity contribution in [1.29, 1.82) is 0 Å². The second-order valence-corrected chi connectivity index (χ2v) is 6.84. The van der Waals surface area contributed by atoms with Crippen LogP contribution >= 0.6 is 0 Å². The van der Waals surface area contributed by atoms with Gasteiger partial charge in [0.1, 0.15) is 0 Å². The highest BCUT2D eigenvalue weighted by molar-refractivity contribution is 5.14. The van der Waals surface area contributed by atoms with Gasteiger partial charge < -0.3 is 10.6 Å². The van der Waals surface area contributed by atoms with Gasteiger partial charge in [-0.2, -0.15) is 5.10 Å². The standard InChI is InChI=1S/C17H30N4/c1-13-14(12-20-21-13)6-4-10-18-16-8-3-2-7-15(16)17-9-5-11-19-17/h12,15-19H,2-11H2,1H3,(H,20,21). The highest BCUT2D eigenvalue weighted by atomic mass is 15.1. The molecular weight excluding hydrogens is 260 g/mol. The van der Waals surface area contributed by atoms with Crippen LogP contribution in [0.2, 0.25) is 0 Å². The van der Waals surface area contributed by atoms with Crippen LogP contribution in [0.15, 0.2) is 6.20 Å². The van der Waals surface area contributed by atoms with E-state index < -0.39 is 0 Å². The van der Waals surface area contributed by atoms with Crippen LogP contribution in [0.25, 0.3) is 0 Å². The monoisotopic (exact) mass is 290 g/mol. The lowest BCUT2D eigenvalue weighted by atomic mass is 9.79. The van der Waals surface area contributed by atoms with Crippen LogP contribution < -0.4 is 10.6 Å². The van der Waals surface area contributed by atoms with Crippen LogP contribution in [0.5, 0.6) is 0 Å². The molecule has 118 valence electrons. The number of nitrogens with one attached hydrogen (secondary N) is 3. The zero-order valence-corrected chi connectivity index (χ0v) is 13.3. The van der Waals surface area contributed by atoms with Crippen LogP contribution in [-0.2, 0) is 6.42 Å². The Morgan fingerprint density at radius 3 is 2.90 bits per heavy atom. The molecule has 4 heteroatoms. The predicted octanol–water partition coefficient (Wildman–Crippen LogP) is 2.55. The molecule has 2 heterocycles. The number of aromatic amines is 1. The number of hydrogen-bond acceptors (Lipinski definition) is 3. The molecule has 3 rings (SSSR count). The van der Waals surface area contributed by atoms with Crippen molar-refractivity contribution in [3.63, 3.8) is 0 Å². The van der Waals surface area contributed by atoms with E-state index in [9.17, 15) is 0 Å². The SMILES string of the molecule is Cc1[nH]ncc1CCCNC1CCCCC1C1CCCN1. The zero-order valence-electron chi connectivity index (χ0n) is 13.3. The molecule has 3 unspecified atom stereocenters. The molecule has 1 saturated carbocycles. The quantitative estimate of drug-likeness (QED) is 0.706.